The normalized spacial score (nSPS) is 11.8. The summed E-state index contributed by atoms with van der Waals surface area (Å²) in [5.74, 6) is 0. The second kappa shape index (κ2) is 16.7. The second-order valence-corrected chi connectivity index (χ2v) is 8.91. The molecule has 138 valence electrons. The molecule has 0 spiro atoms. The van der Waals surface area contributed by atoms with Crippen molar-refractivity contribution >= 4 is 8.80 Å². The first-order valence-corrected chi connectivity index (χ1v) is 11.7. The van der Waals surface area contributed by atoms with Crippen molar-refractivity contribution in [2.45, 2.75) is 91.0 Å². The van der Waals surface area contributed by atoms with Crippen LogP contribution in [0.25, 0.3) is 0 Å². The average Bonchev–Trinajstić information content (AvgIpc) is 2.57. The molecular formula is C19H40O3Si. The second-order valence-electron chi connectivity index (χ2n) is 6.18. The van der Waals surface area contributed by atoms with Gasteiger partial charge in [-0.2, -0.15) is 0 Å². The highest BCUT2D eigenvalue weighted by Gasteiger charge is 2.40. The van der Waals surface area contributed by atoms with Crippen LogP contribution in [0.15, 0.2) is 12.7 Å². The van der Waals surface area contributed by atoms with Gasteiger partial charge in [0, 0.05) is 25.9 Å². The van der Waals surface area contributed by atoms with Gasteiger partial charge in [-0.05, 0) is 25.7 Å². The van der Waals surface area contributed by atoms with Crippen LogP contribution in [-0.2, 0) is 13.3 Å². The Labute approximate surface area is 146 Å². The van der Waals surface area contributed by atoms with Crippen LogP contribution < -0.4 is 0 Å². The lowest BCUT2D eigenvalue weighted by atomic mass is 10.3. The average molecular weight is 345 g/mol. The van der Waals surface area contributed by atoms with Crippen LogP contribution in [0.3, 0.4) is 0 Å². The molecule has 0 radical (unpaired) electrons. The third-order valence-electron chi connectivity index (χ3n) is 3.86. The van der Waals surface area contributed by atoms with E-state index in [1.54, 1.807) is 0 Å². The maximum Gasteiger partial charge on any atom is 0.501 e. The van der Waals surface area contributed by atoms with Crippen LogP contribution in [0, 0.1) is 0 Å². The molecule has 0 aromatic carbocycles. The molecule has 0 unspecified atom stereocenters. The molecule has 0 saturated heterocycles. The van der Waals surface area contributed by atoms with Gasteiger partial charge in [0.25, 0.3) is 0 Å². The SMILES string of the molecule is C=CCC[Si](OCCCCC)(OCCCCC)OCCCCC. The van der Waals surface area contributed by atoms with Crippen molar-refractivity contribution in [1.82, 2.24) is 0 Å². The highest BCUT2D eigenvalue weighted by Crippen LogP contribution is 2.21. The predicted octanol–water partition coefficient (Wildman–Crippen LogP) is 6.12. The largest absolute Gasteiger partial charge is 0.501 e. The molecule has 0 fully saturated rings. The first kappa shape index (κ1) is 22.8. The molecule has 0 aromatic rings. The fourth-order valence-corrected chi connectivity index (χ4v) is 4.97. The van der Waals surface area contributed by atoms with Gasteiger partial charge in [-0.3, -0.25) is 0 Å². The molecule has 0 heterocycles. The zero-order valence-electron chi connectivity index (χ0n) is 15.9. The van der Waals surface area contributed by atoms with Gasteiger partial charge in [-0.15, -0.1) is 6.58 Å². The summed E-state index contributed by atoms with van der Waals surface area (Å²) in [6.45, 7) is 12.8. The van der Waals surface area contributed by atoms with E-state index in [0.717, 1.165) is 51.5 Å². The van der Waals surface area contributed by atoms with Crippen LogP contribution in [-0.4, -0.2) is 28.6 Å². The Kier molecular flexibility index (Phi) is 16.6. The van der Waals surface area contributed by atoms with E-state index in [0.29, 0.717) is 0 Å². The quantitative estimate of drug-likeness (QED) is 0.170. The number of hydrogen-bond donors (Lipinski definition) is 0. The minimum Gasteiger partial charge on any atom is -0.373 e. The third-order valence-corrected chi connectivity index (χ3v) is 6.70. The monoisotopic (exact) mass is 344 g/mol. The molecule has 0 saturated carbocycles. The maximum absolute atomic E-state index is 6.24. The van der Waals surface area contributed by atoms with Crippen molar-refractivity contribution in [2.75, 3.05) is 19.8 Å². The lowest BCUT2D eigenvalue weighted by Crippen LogP contribution is -2.46. The molecule has 0 bridgehead atoms. The lowest BCUT2D eigenvalue weighted by molar-refractivity contribution is 0.0557. The topological polar surface area (TPSA) is 27.7 Å². The van der Waals surface area contributed by atoms with Crippen molar-refractivity contribution < 1.29 is 13.3 Å². The van der Waals surface area contributed by atoms with E-state index in [9.17, 15) is 0 Å². The Balaban J connectivity index is 4.54. The van der Waals surface area contributed by atoms with Crippen LogP contribution in [0.5, 0.6) is 0 Å². The molecule has 0 amide bonds. The number of unbranched alkanes of at least 4 members (excludes halogenated alkanes) is 6. The zero-order chi connectivity index (χ0) is 17.2. The van der Waals surface area contributed by atoms with E-state index in [-0.39, 0.29) is 0 Å². The van der Waals surface area contributed by atoms with E-state index in [4.69, 9.17) is 13.3 Å². The molecule has 0 aliphatic carbocycles. The summed E-state index contributed by atoms with van der Waals surface area (Å²) in [6.07, 6.45) is 13.4. The molecular weight excluding hydrogens is 304 g/mol. The summed E-state index contributed by atoms with van der Waals surface area (Å²) in [4.78, 5) is 0. The van der Waals surface area contributed by atoms with E-state index in [1.807, 2.05) is 6.08 Å². The molecule has 4 heteroatoms. The molecule has 3 nitrogen and oxygen atoms in total. The third kappa shape index (κ3) is 12.9. The van der Waals surface area contributed by atoms with Crippen molar-refractivity contribution in [3.63, 3.8) is 0 Å². The van der Waals surface area contributed by atoms with Gasteiger partial charge in [-0.1, -0.05) is 65.4 Å². The minimum atomic E-state index is -2.54. The Morgan fingerprint density at radius 2 is 1.09 bits per heavy atom. The van der Waals surface area contributed by atoms with Gasteiger partial charge in [0.05, 0.1) is 0 Å². The summed E-state index contributed by atoms with van der Waals surface area (Å²) >= 11 is 0. The van der Waals surface area contributed by atoms with Gasteiger partial charge < -0.3 is 13.3 Å². The lowest BCUT2D eigenvalue weighted by Gasteiger charge is -2.30. The smallest absolute Gasteiger partial charge is 0.373 e. The summed E-state index contributed by atoms with van der Waals surface area (Å²) in [6, 6.07) is 0.862. The first-order chi connectivity index (χ1) is 11.2. The van der Waals surface area contributed by atoms with Crippen molar-refractivity contribution in [3.05, 3.63) is 12.7 Å². The van der Waals surface area contributed by atoms with Crippen molar-refractivity contribution in [1.29, 1.82) is 0 Å². The van der Waals surface area contributed by atoms with Crippen molar-refractivity contribution in [2.24, 2.45) is 0 Å². The molecule has 0 aliphatic rings. The van der Waals surface area contributed by atoms with E-state index in [1.165, 1.54) is 38.5 Å². The molecule has 0 aromatic heterocycles. The van der Waals surface area contributed by atoms with E-state index >= 15 is 0 Å². The van der Waals surface area contributed by atoms with Gasteiger partial charge in [-0.25, -0.2) is 0 Å². The molecule has 0 N–H and O–H groups in total. The molecule has 0 aliphatic heterocycles. The number of allylic oxidation sites excluding steroid dienone is 1. The van der Waals surface area contributed by atoms with Gasteiger partial charge in [0.2, 0.25) is 0 Å². The van der Waals surface area contributed by atoms with E-state index < -0.39 is 8.80 Å². The summed E-state index contributed by atoms with van der Waals surface area (Å²) in [5, 5.41) is 0. The highest BCUT2D eigenvalue weighted by atomic mass is 28.4. The molecule has 0 atom stereocenters. The highest BCUT2D eigenvalue weighted by molar-refractivity contribution is 6.60. The fraction of sp³-hybridized carbons (Fsp3) is 0.895. The number of rotatable bonds is 18. The van der Waals surface area contributed by atoms with Crippen LogP contribution in [0.2, 0.25) is 6.04 Å². The standard InChI is InChI=1S/C19H40O3Si/c1-5-9-13-16-20-23(19-12-8-4,21-17-14-10-6-2)22-18-15-11-7-3/h8H,4-7,9-19H2,1-3H3. The Morgan fingerprint density at radius 3 is 1.39 bits per heavy atom. The van der Waals surface area contributed by atoms with Gasteiger partial charge in [0.1, 0.15) is 0 Å². The van der Waals surface area contributed by atoms with Crippen LogP contribution >= 0.6 is 0 Å². The molecule has 23 heavy (non-hydrogen) atoms. The summed E-state index contributed by atoms with van der Waals surface area (Å²) in [5.41, 5.74) is 0. The summed E-state index contributed by atoms with van der Waals surface area (Å²) in [7, 11) is -2.54. The Morgan fingerprint density at radius 1 is 0.696 bits per heavy atom. The first-order valence-electron chi connectivity index (χ1n) is 9.77. The number of hydrogen-bond acceptors (Lipinski definition) is 3. The Bertz CT molecular complexity index is 228. The van der Waals surface area contributed by atoms with E-state index in [2.05, 4.69) is 27.4 Å². The summed E-state index contributed by atoms with van der Waals surface area (Å²) < 4.78 is 18.7. The zero-order valence-corrected chi connectivity index (χ0v) is 16.9. The van der Waals surface area contributed by atoms with Gasteiger partial charge in [0.15, 0.2) is 0 Å². The predicted molar refractivity (Wildman–Crippen MR) is 102 cm³/mol. The maximum atomic E-state index is 6.24. The van der Waals surface area contributed by atoms with Crippen molar-refractivity contribution in [3.8, 4) is 0 Å². The van der Waals surface area contributed by atoms with Gasteiger partial charge >= 0.3 is 8.80 Å². The van der Waals surface area contributed by atoms with Crippen LogP contribution in [0.4, 0.5) is 0 Å². The Hall–Kier alpha value is -0.163. The fourth-order valence-electron chi connectivity index (χ4n) is 2.36. The minimum absolute atomic E-state index is 0.763. The van der Waals surface area contributed by atoms with Crippen LogP contribution in [0.1, 0.15) is 85.0 Å². The molecule has 0 rings (SSSR count).